The summed E-state index contributed by atoms with van der Waals surface area (Å²) >= 11 is 0. The Labute approximate surface area is 193 Å². The highest BCUT2D eigenvalue weighted by Crippen LogP contribution is 2.24. The number of methoxy groups -OCH3 is 1. The van der Waals surface area contributed by atoms with Gasteiger partial charge in [0.05, 0.1) is 12.8 Å². The Morgan fingerprint density at radius 1 is 1.12 bits per heavy atom. The number of ether oxygens (including phenoxy) is 1. The lowest BCUT2D eigenvalue weighted by Crippen LogP contribution is -2.46. The molecule has 0 aromatic heterocycles. The summed E-state index contributed by atoms with van der Waals surface area (Å²) in [6.07, 6.45) is 8.98. The summed E-state index contributed by atoms with van der Waals surface area (Å²) in [6.45, 7) is 1.49. The Hall–Kier alpha value is -3.55. The average molecular weight is 449 g/mol. The number of amidine groups is 1. The number of fused-ring (bicyclic) bond motifs is 1. The molecule has 1 fully saturated rings. The fourth-order valence-electron chi connectivity index (χ4n) is 4.26. The largest absolute Gasteiger partial charge is 0.497 e. The smallest absolute Gasteiger partial charge is 0.319 e. The first-order valence-electron chi connectivity index (χ1n) is 11.2. The van der Waals surface area contributed by atoms with Crippen LogP contribution in [0.2, 0.25) is 0 Å². The minimum atomic E-state index is -0.389. The molecule has 3 aliphatic rings. The molecule has 1 aromatic carbocycles. The lowest BCUT2D eigenvalue weighted by molar-refractivity contribution is -0.118. The maximum Gasteiger partial charge on any atom is 0.319 e. The molecule has 1 saturated heterocycles. The molecular formula is C25H28N4O4. The zero-order valence-electron chi connectivity index (χ0n) is 18.9. The molecule has 33 heavy (non-hydrogen) atoms. The Morgan fingerprint density at radius 3 is 2.55 bits per heavy atom. The van der Waals surface area contributed by atoms with Crippen LogP contribution in [0, 0.1) is 11.8 Å². The van der Waals surface area contributed by atoms with Crippen molar-refractivity contribution in [3.05, 3.63) is 54.1 Å². The van der Waals surface area contributed by atoms with Gasteiger partial charge in [0.25, 0.3) is 5.91 Å². The molecule has 2 heterocycles. The molecule has 3 amide bonds. The zero-order valence-corrected chi connectivity index (χ0v) is 18.9. The quantitative estimate of drug-likeness (QED) is 0.625. The summed E-state index contributed by atoms with van der Waals surface area (Å²) < 4.78 is 5.15. The van der Waals surface area contributed by atoms with Crippen molar-refractivity contribution in [2.45, 2.75) is 19.3 Å². The normalized spacial score (nSPS) is 20.1. The molecule has 0 bridgehead atoms. The minimum Gasteiger partial charge on any atom is -0.497 e. The number of carbonyl (C=O) groups is 3. The van der Waals surface area contributed by atoms with Gasteiger partial charge in [-0.15, -0.1) is 0 Å². The van der Waals surface area contributed by atoms with E-state index in [1.807, 2.05) is 18.2 Å². The van der Waals surface area contributed by atoms with E-state index in [1.54, 1.807) is 54.3 Å². The molecule has 172 valence electrons. The number of Topliss-reactive ketones (excluding diaryl/α,β-unsaturated/α-hetero) is 1. The number of piperidine rings is 1. The molecule has 0 saturated carbocycles. The second-order valence-electron chi connectivity index (χ2n) is 8.43. The predicted octanol–water partition coefficient (Wildman–Crippen LogP) is 3.15. The fraction of sp³-hybridized carbons (Fsp3) is 0.400. The Bertz CT molecular complexity index is 1050. The maximum absolute atomic E-state index is 12.9. The number of nitrogens with zero attached hydrogens (tertiary/aromatic N) is 4. The SMILES string of the molecule is COc1ccc(C(=O)C2CCN(C(=O)N(C)CCC3=NC(=O)C4C=CC=CC4=N3)CC2)cc1. The minimum absolute atomic E-state index is 0.0842. The van der Waals surface area contributed by atoms with Crippen molar-refractivity contribution >= 4 is 29.3 Å². The maximum atomic E-state index is 12.9. The van der Waals surface area contributed by atoms with Gasteiger partial charge in [-0.25, -0.2) is 9.79 Å². The number of likely N-dealkylation sites (tertiary alicyclic amines) is 1. The second kappa shape index (κ2) is 9.94. The summed E-state index contributed by atoms with van der Waals surface area (Å²) in [7, 11) is 3.33. The molecule has 1 aliphatic carbocycles. The van der Waals surface area contributed by atoms with Gasteiger partial charge in [0, 0.05) is 44.6 Å². The van der Waals surface area contributed by atoms with E-state index in [-0.39, 0.29) is 29.6 Å². The van der Waals surface area contributed by atoms with Crippen molar-refractivity contribution < 1.29 is 19.1 Å². The first-order chi connectivity index (χ1) is 16.0. The van der Waals surface area contributed by atoms with E-state index >= 15 is 0 Å². The van der Waals surface area contributed by atoms with Crippen molar-refractivity contribution in [3.8, 4) is 5.75 Å². The molecule has 1 aromatic rings. The number of hydrogen-bond acceptors (Lipinski definition) is 5. The molecule has 0 radical (unpaired) electrons. The van der Waals surface area contributed by atoms with Crippen LogP contribution in [0.4, 0.5) is 4.79 Å². The fourth-order valence-corrected chi connectivity index (χ4v) is 4.26. The van der Waals surface area contributed by atoms with E-state index in [2.05, 4.69) is 9.98 Å². The molecule has 4 rings (SSSR count). The number of ketones is 1. The number of amides is 3. The summed E-state index contributed by atoms with van der Waals surface area (Å²) in [5.74, 6) is 0.596. The third kappa shape index (κ3) is 5.10. The number of aliphatic imine (C=N–C) groups is 2. The van der Waals surface area contributed by atoms with Crippen LogP contribution in [0.1, 0.15) is 29.6 Å². The molecule has 8 heteroatoms. The highest BCUT2D eigenvalue weighted by Gasteiger charge is 2.30. The molecule has 2 aliphatic heterocycles. The van der Waals surface area contributed by atoms with Crippen molar-refractivity contribution in [1.82, 2.24) is 9.80 Å². The zero-order chi connectivity index (χ0) is 23.4. The van der Waals surface area contributed by atoms with Gasteiger partial charge in [-0.3, -0.25) is 9.59 Å². The number of rotatable bonds is 6. The van der Waals surface area contributed by atoms with Crippen LogP contribution in [0.5, 0.6) is 5.75 Å². The summed E-state index contributed by atoms with van der Waals surface area (Å²) in [5, 5.41) is 0. The molecule has 1 unspecified atom stereocenters. The Kier molecular flexibility index (Phi) is 6.82. The van der Waals surface area contributed by atoms with Gasteiger partial charge >= 0.3 is 6.03 Å². The Balaban J connectivity index is 1.26. The van der Waals surface area contributed by atoms with E-state index in [1.165, 1.54) is 0 Å². The van der Waals surface area contributed by atoms with Gasteiger partial charge in [-0.2, -0.15) is 4.99 Å². The summed E-state index contributed by atoms with van der Waals surface area (Å²) in [6, 6.07) is 7.07. The van der Waals surface area contributed by atoms with Crippen LogP contribution >= 0.6 is 0 Å². The summed E-state index contributed by atoms with van der Waals surface area (Å²) in [5.41, 5.74) is 1.37. The lowest BCUT2D eigenvalue weighted by Gasteiger charge is -2.34. The van der Waals surface area contributed by atoms with Crippen molar-refractivity contribution in [2.24, 2.45) is 21.8 Å². The molecule has 8 nitrogen and oxygen atoms in total. The predicted molar refractivity (Wildman–Crippen MR) is 126 cm³/mol. The van der Waals surface area contributed by atoms with Crippen LogP contribution < -0.4 is 4.74 Å². The van der Waals surface area contributed by atoms with E-state index in [0.29, 0.717) is 56.0 Å². The number of carbonyl (C=O) groups excluding carboxylic acids is 3. The van der Waals surface area contributed by atoms with E-state index in [4.69, 9.17) is 4.74 Å². The van der Waals surface area contributed by atoms with E-state index in [0.717, 1.165) is 5.75 Å². The van der Waals surface area contributed by atoms with Gasteiger partial charge in [-0.1, -0.05) is 18.2 Å². The van der Waals surface area contributed by atoms with Crippen LogP contribution in [0.3, 0.4) is 0 Å². The van der Waals surface area contributed by atoms with Crippen LogP contribution in [-0.4, -0.2) is 72.9 Å². The number of urea groups is 1. The third-order valence-electron chi connectivity index (χ3n) is 6.27. The summed E-state index contributed by atoms with van der Waals surface area (Å²) in [4.78, 5) is 49.8. The van der Waals surface area contributed by atoms with Crippen molar-refractivity contribution in [3.63, 3.8) is 0 Å². The first-order valence-corrected chi connectivity index (χ1v) is 11.2. The van der Waals surface area contributed by atoms with E-state index < -0.39 is 0 Å². The van der Waals surface area contributed by atoms with Gasteiger partial charge in [0.2, 0.25) is 0 Å². The number of allylic oxidation sites excluding steroid dienone is 3. The standard InChI is InChI=1S/C25H28N4O4/c1-28(14-13-22-26-21-6-4-3-5-20(21)24(31)27-22)25(32)29-15-11-18(12-16-29)23(30)17-7-9-19(33-2)10-8-17/h3-10,18,20H,11-16H2,1-2H3. The van der Waals surface area contributed by atoms with Gasteiger partial charge < -0.3 is 14.5 Å². The number of benzene rings is 1. The second-order valence-corrected chi connectivity index (χ2v) is 8.43. The average Bonchev–Trinajstić information content (AvgIpc) is 2.86. The molecule has 0 N–H and O–H groups in total. The Morgan fingerprint density at radius 2 is 1.85 bits per heavy atom. The van der Waals surface area contributed by atoms with Gasteiger partial charge in [-0.05, 0) is 43.2 Å². The first kappa shape index (κ1) is 22.6. The third-order valence-corrected chi connectivity index (χ3v) is 6.27. The number of hydrogen-bond donors (Lipinski definition) is 0. The molecule has 0 spiro atoms. The molecule has 1 atom stereocenters. The topological polar surface area (TPSA) is 91.6 Å². The molecular weight excluding hydrogens is 420 g/mol. The highest BCUT2D eigenvalue weighted by molar-refractivity contribution is 6.21. The monoisotopic (exact) mass is 448 g/mol. The van der Waals surface area contributed by atoms with Gasteiger partial charge in [0.1, 0.15) is 17.5 Å². The van der Waals surface area contributed by atoms with Crippen LogP contribution in [-0.2, 0) is 4.79 Å². The van der Waals surface area contributed by atoms with E-state index in [9.17, 15) is 14.4 Å². The highest BCUT2D eigenvalue weighted by atomic mass is 16.5. The van der Waals surface area contributed by atoms with Crippen molar-refractivity contribution in [1.29, 1.82) is 0 Å². The van der Waals surface area contributed by atoms with Crippen LogP contribution in [0.15, 0.2) is 58.6 Å². The van der Waals surface area contributed by atoms with Gasteiger partial charge in [0.15, 0.2) is 5.78 Å². The lowest BCUT2D eigenvalue weighted by atomic mass is 9.89. The van der Waals surface area contributed by atoms with Crippen LogP contribution in [0.25, 0.3) is 0 Å². The van der Waals surface area contributed by atoms with Crippen molar-refractivity contribution in [2.75, 3.05) is 33.8 Å².